The van der Waals surface area contributed by atoms with E-state index in [9.17, 15) is 9.59 Å². The number of carbonyl (C=O) groups excluding carboxylic acids is 1. The SMILES string of the molecule is CCOC(=O)Cn1c(C)cc(=O)c2cc(C)ccc21. The van der Waals surface area contributed by atoms with E-state index < -0.39 is 0 Å². The average Bonchev–Trinajstić information content (AvgIpc) is 2.35. The van der Waals surface area contributed by atoms with Gasteiger partial charge in [-0.05, 0) is 32.9 Å². The van der Waals surface area contributed by atoms with Gasteiger partial charge in [0, 0.05) is 17.1 Å². The zero-order valence-corrected chi connectivity index (χ0v) is 11.4. The largest absolute Gasteiger partial charge is 0.465 e. The summed E-state index contributed by atoms with van der Waals surface area (Å²) in [5, 5.41) is 0.634. The van der Waals surface area contributed by atoms with Crippen LogP contribution in [0.4, 0.5) is 0 Å². The number of benzene rings is 1. The number of fused-ring (bicyclic) bond motifs is 1. The number of aryl methyl sites for hydroxylation is 2. The third kappa shape index (κ3) is 2.67. The quantitative estimate of drug-likeness (QED) is 0.794. The summed E-state index contributed by atoms with van der Waals surface area (Å²) in [4.78, 5) is 23.6. The lowest BCUT2D eigenvalue weighted by molar-refractivity contribution is -0.143. The molecule has 0 saturated carbocycles. The van der Waals surface area contributed by atoms with Crippen LogP contribution in [0.5, 0.6) is 0 Å². The van der Waals surface area contributed by atoms with Crippen molar-refractivity contribution < 1.29 is 9.53 Å². The molecule has 0 saturated heterocycles. The van der Waals surface area contributed by atoms with Crippen molar-refractivity contribution in [1.82, 2.24) is 4.57 Å². The predicted octanol–water partition coefficient (Wildman–Crippen LogP) is 2.18. The van der Waals surface area contributed by atoms with E-state index >= 15 is 0 Å². The molecule has 0 aliphatic rings. The van der Waals surface area contributed by atoms with Crippen LogP contribution in [-0.2, 0) is 16.1 Å². The Balaban J connectivity index is 2.60. The van der Waals surface area contributed by atoms with Crippen molar-refractivity contribution in [2.24, 2.45) is 0 Å². The molecule has 1 aromatic heterocycles. The summed E-state index contributed by atoms with van der Waals surface area (Å²) >= 11 is 0. The van der Waals surface area contributed by atoms with Crippen molar-refractivity contribution in [3.63, 3.8) is 0 Å². The van der Waals surface area contributed by atoms with Crippen molar-refractivity contribution >= 4 is 16.9 Å². The molecule has 0 amide bonds. The highest BCUT2D eigenvalue weighted by atomic mass is 16.5. The fourth-order valence-electron chi connectivity index (χ4n) is 2.16. The number of hydrogen-bond acceptors (Lipinski definition) is 3. The van der Waals surface area contributed by atoms with Crippen LogP contribution in [0.1, 0.15) is 18.2 Å². The Morgan fingerprint density at radius 2 is 2.00 bits per heavy atom. The van der Waals surface area contributed by atoms with Crippen molar-refractivity contribution in [3.8, 4) is 0 Å². The molecular formula is C15H17NO3. The summed E-state index contributed by atoms with van der Waals surface area (Å²) in [6.45, 7) is 6.01. The molecule has 0 radical (unpaired) electrons. The number of aromatic nitrogens is 1. The normalized spacial score (nSPS) is 10.7. The molecule has 0 fully saturated rings. The van der Waals surface area contributed by atoms with E-state index in [0.29, 0.717) is 12.0 Å². The summed E-state index contributed by atoms with van der Waals surface area (Å²) in [6, 6.07) is 7.21. The van der Waals surface area contributed by atoms with Crippen LogP contribution in [0, 0.1) is 13.8 Å². The highest BCUT2D eigenvalue weighted by Crippen LogP contribution is 2.15. The van der Waals surface area contributed by atoms with Crippen LogP contribution >= 0.6 is 0 Å². The van der Waals surface area contributed by atoms with Gasteiger partial charge in [-0.2, -0.15) is 0 Å². The summed E-state index contributed by atoms with van der Waals surface area (Å²) in [7, 11) is 0. The van der Waals surface area contributed by atoms with Crippen LogP contribution in [0.2, 0.25) is 0 Å². The summed E-state index contributed by atoms with van der Waals surface area (Å²) in [5.41, 5.74) is 2.53. The summed E-state index contributed by atoms with van der Waals surface area (Å²) in [5.74, 6) is -0.295. The second-order valence-electron chi connectivity index (χ2n) is 4.56. The number of carbonyl (C=O) groups is 1. The lowest BCUT2D eigenvalue weighted by Gasteiger charge is -2.14. The van der Waals surface area contributed by atoms with E-state index in [2.05, 4.69) is 0 Å². The molecule has 0 N–H and O–H groups in total. The third-order valence-electron chi connectivity index (χ3n) is 3.07. The highest BCUT2D eigenvalue weighted by molar-refractivity contribution is 5.82. The van der Waals surface area contributed by atoms with Gasteiger partial charge in [0.2, 0.25) is 0 Å². The van der Waals surface area contributed by atoms with Gasteiger partial charge in [-0.25, -0.2) is 0 Å². The molecule has 100 valence electrons. The summed E-state index contributed by atoms with van der Waals surface area (Å²) in [6.07, 6.45) is 0. The van der Waals surface area contributed by atoms with E-state index in [1.54, 1.807) is 13.0 Å². The Morgan fingerprint density at radius 1 is 1.26 bits per heavy atom. The molecule has 4 heteroatoms. The van der Waals surface area contributed by atoms with Gasteiger partial charge in [0.25, 0.3) is 0 Å². The molecule has 19 heavy (non-hydrogen) atoms. The second kappa shape index (κ2) is 5.26. The number of nitrogens with zero attached hydrogens (tertiary/aromatic N) is 1. The Kier molecular flexibility index (Phi) is 3.69. The van der Waals surface area contributed by atoms with Crippen LogP contribution in [0.3, 0.4) is 0 Å². The molecule has 0 unspecified atom stereocenters. The highest BCUT2D eigenvalue weighted by Gasteiger charge is 2.10. The zero-order chi connectivity index (χ0) is 14.0. The molecule has 0 aliphatic heterocycles. The van der Waals surface area contributed by atoms with Gasteiger partial charge in [0.15, 0.2) is 5.43 Å². The molecule has 4 nitrogen and oxygen atoms in total. The molecule has 2 aromatic rings. The molecular weight excluding hydrogens is 242 g/mol. The first-order valence-electron chi connectivity index (χ1n) is 6.29. The zero-order valence-electron chi connectivity index (χ0n) is 11.4. The Labute approximate surface area is 111 Å². The number of ether oxygens (including phenoxy) is 1. The topological polar surface area (TPSA) is 48.3 Å². The van der Waals surface area contributed by atoms with E-state index in [-0.39, 0.29) is 17.9 Å². The van der Waals surface area contributed by atoms with Crippen molar-refractivity contribution in [1.29, 1.82) is 0 Å². The Morgan fingerprint density at radius 3 is 2.68 bits per heavy atom. The standard InChI is InChI=1S/C15H17NO3/c1-4-19-15(18)9-16-11(3)8-14(17)12-7-10(2)5-6-13(12)16/h5-8H,4,9H2,1-3H3. The average molecular weight is 259 g/mol. The molecule has 1 aromatic carbocycles. The molecule has 0 atom stereocenters. The first-order valence-corrected chi connectivity index (χ1v) is 6.29. The third-order valence-corrected chi connectivity index (χ3v) is 3.07. The fraction of sp³-hybridized carbons (Fsp3) is 0.333. The lowest BCUT2D eigenvalue weighted by Crippen LogP contribution is -2.19. The van der Waals surface area contributed by atoms with Gasteiger partial charge in [0.05, 0.1) is 12.1 Å². The van der Waals surface area contributed by atoms with Gasteiger partial charge >= 0.3 is 5.97 Å². The first-order chi connectivity index (χ1) is 9.02. The monoisotopic (exact) mass is 259 g/mol. The van der Waals surface area contributed by atoms with E-state index in [0.717, 1.165) is 16.8 Å². The number of pyridine rings is 1. The Bertz CT molecular complexity index is 686. The smallest absolute Gasteiger partial charge is 0.325 e. The molecule has 0 spiro atoms. The minimum atomic E-state index is -0.295. The molecule has 0 bridgehead atoms. The van der Waals surface area contributed by atoms with E-state index in [4.69, 9.17) is 4.74 Å². The van der Waals surface area contributed by atoms with Crippen molar-refractivity contribution in [2.45, 2.75) is 27.3 Å². The first kappa shape index (κ1) is 13.3. The number of esters is 1. The lowest BCUT2D eigenvalue weighted by atomic mass is 10.1. The van der Waals surface area contributed by atoms with Gasteiger partial charge in [-0.15, -0.1) is 0 Å². The second-order valence-corrected chi connectivity index (χ2v) is 4.56. The van der Waals surface area contributed by atoms with Gasteiger partial charge in [0.1, 0.15) is 6.54 Å². The minimum absolute atomic E-state index is 0.0173. The molecule has 2 rings (SSSR count). The van der Waals surface area contributed by atoms with Crippen molar-refractivity contribution in [3.05, 3.63) is 45.7 Å². The maximum atomic E-state index is 12.0. The van der Waals surface area contributed by atoms with Crippen molar-refractivity contribution in [2.75, 3.05) is 6.61 Å². The molecule has 1 heterocycles. The van der Waals surface area contributed by atoms with Crippen LogP contribution in [0.15, 0.2) is 29.1 Å². The van der Waals surface area contributed by atoms with Crippen LogP contribution in [-0.4, -0.2) is 17.1 Å². The van der Waals surface area contributed by atoms with Gasteiger partial charge in [-0.3, -0.25) is 9.59 Å². The maximum absolute atomic E-state index is 12.0. The summed E-state index contributed by atoms with van der Waals surface area (Å²) < 4.78 is 6.78. The molecule has 0 aliphatic carbocycles. The van der Waals surface area contributed by atoms with Crippen LogP contribution < -0.4 is 5.43 Å². The van der Waals surface area contributed by atoms with E-state index in [1.807, 2.05) is 36.6 Å². The van der Waals surface area contributed by atoms with Gasteiger partial charge < -0.3 is 9.30 Å². The maximum Gasteiger partial charge on any atom is 0.325 e. The number of hydrogen-bond donors (Lipinski definition) is 0. The predicted molar refractivity (Wildman–Crippen MR) is 74.3 cm³/mol. The minimum Gasteiger partial charge on any atom is -0.465 e. The van der Waals surface area contributed by atoms with E-state index in [1.165, 1.54) is 0 Å². The van der Waals surface area contributed by atoms with Gasteiger partial charge in [-0.1, -0.05) is 11.6 Å². The number of rotatable bonds is 3. The van der Waals surface area contributed by atoms with Crippen LogP contribution in [0.25, 0.3) is 10.9 Å². The Hall–Kier alpha value is -2.10. The fourth-order valence-corrected chi connectivity index (χ4v) is 2.16.